The van der Waals surface area contributed by atoms with E-state index in [0.717, 1.165) is 5.75 Å². The third-order valence-corrected chi connectivity index (χ3v) is 2.47. The van der Waals surface area contributed by atoms with Crippen LogP contribution in [0.3, 0.4) is 0 Å². The number of anilines is 1. The minimum atomic E-state index is -0.182. The number of nitrogens with one attached hydrogen (secondary N) is 1. The van der Waals surface area contributed by atoms with E-state index in [9.17, 15) is 4.79 Å². The lowest BCUT2D eigenvalue weighted by Crippen LogP contribution is -2.19. The topological polar surface area (TPSA) is 95.1 Å². The molecule has 0 aliphatic heterocycles. The zero-order valence-corrected chi connectivity index (χ0v) is 10.5. The summed E-state index contributed by atoms with van der Waals surface area (Å²) in [4.78, 5) is 11.8. The molecule has 0 radical (unpaired) electrons. The van der Waals surface area contributed by atoms with Crippen LogP contribution < -0.4 is 15.8 Å². The van der Waals surface area contributed by atoms with Crippen molar-refractivity contribution >= 4 is 11.6 Å². The molecule has 0 saturated carbocycles. The molecule has 7 heteroatoms. The van der Waals surface area contributed by atoms with Gasteiger partial charge in [-0.3, -0.25) is 4.79 Å². The Morgan fingerprint density at radius 2 is 2.16 bits per heavy atom. The van der Waals surface area contributed by atoms with Crippen molar-refractivity contribution < 1.29 is 9.53 Å². The number of methoxy groups -OCH3 is 1. The van der Waals surface area contributed by atoms with Crippen molar-refractivity contribution in [1.82, 2.24) is 15.0 Å². The number of carbonyl (C=O) groups is 1. The van der Waals surface area contributed by atoms with Crippen LogP contribution in [-0.2, 0) is 17.9 Å². The van der Waals surface area contributed by atoms with Gasteiger partial charge in [0.15, 0.2) is 0 Å². The number of nitrogens with zero attached hydrogens (tertiary/aromatic N) is 3. The van der Waals surface area contributed by atoms with Crippen molar-refractivity contribution in [1.29, 1.82) is 0 Å². The number of ether oxygens (including phenoxy) is 1. The molecule has 1 aromatic carbocycles. The average Bonchev–Trinajstić information content (AvgIpc) is 2.87. The highest BCUT2D eigenvalue weighted by molar-refractivity contribution is 5.90. The molecule has 0 aliphatic rings. The highest BCUT2D eigenvalue weighted by Crippen LogP contribution is 2.14. The molecule has 0 fully saturated rings. The monoisotopic (exact) mass is 261 g/mol. The largest absolute Gasteiger partial charge is 0.497 e. The van der Waals surface area contributed by atoms with E-state index < -0.39 is 0 Å². The van der Waals surface area contributed by atoms with Crippen molar-refractivity contribution in [2.75, 3.05) is 12.4 Å². The van der Waals surface area contributed by atoms with E-state index in [1.165, 1.54) is 4.68 Å². The molecule has 3 N–H and O–H groups in total. The lowest BCUT2D eigenvalue weighted by Gasteiger charge is -2.05. The molecule has 2 aromatic rings. The Hall–Kier alpha value is -2.41. The summed E-state index contributed by atoms with van der Waals surface area (Å²) in [6.45, 7) is 0.402. The Bertz CT molecular complexity index is 550. The van der Waals surface area contributed by atoms with E-state index in [1.54, 1.807) is 37.6 Å². The number of benzene rings is 1. The van der Waals surface area contributed by atoms with E-state index in [-0.39, 0.29) is 12.5 Å². The van der Waals surface area contributed by atoms with Gasteiger partial charge in [-0.1, -0.05) is 5.21 Å². The Labute approximate surface area is 110 Å². The Balaban J connectivity index is 1.93. The molecule has 1 amide bonds. The van der Waals surface area contributed by atoms with Gasteiger partial charge in [-0.25, -0.2) is 4.68 Å². The molecule has 100 valence electrons. The molecule has 0 unspecified atom stereocenters. The van der Waals surface area contributed by atoms with Crippen LogP contribution in [0, 0.1) is 0 Å². The maximum Gasteiger partial charge on any atom is 0.246 e. The highest BCUT2D eigenvalue weighted by Gasteiger charge is 2.06. The first-order valence-electron chi connectivity index (χ1n) is 5.74. The SMILES string of the molecule is COc1ccc(NC(=O)Cn2cc(CN)nn2)cc1. The van der Waals surface area contributed by atoms with Gasteiger partial charge in [0.25, 0.3) is 0 Å². The zero-order chi connectivity index (χ0) is 13.7. The van der Waals surface area contributed by atoms with Crippen molar-refractivity contribution in [2.24, 2.45) is 5.73 Å². The third-order valence-electron chi connectivity index (χ3n) is 2.47. The predicted molar refractivity (Wildman–Crippen MR) is 69.5 cm³/mol. The number of hydrogen-bond donors (Lipinski definition) is 2. The minimum absolute atomic E-state index is 0.0963. The van der Waals surface area contributed by atoms with Gasteiger partial charge < -0.3 is 15.8 Å². The number of hydrogen-bond acceptors (Lipinski definition) is 5. The average molecular weight is 261 g/mol. The Morgan fingerprint density at radius 1 is 1.42 bits per heavy atom. The molecule has 7 nitrogen and oxygen atoms in total. The summed E-state index contributed by atoms with van der Waals surface area (Å²) < 4.78 is 6.48. The fourth-order valence-electron chi connectivity index (χ4n) is 1.53. The summed E-state index contributed by atoms with van der Waals surface area (Å²) in [5.41, 5.74) is 6.77. The van der Waals surface area contributed by atoms with E-state index in [2.05, 4.69) is 15.6 Å². The van der Waals surface area contributed by atoms with E-state index >= 15 is 0 Å². The van der Waals surface area contributed by atoms with Crippen LogP contribution in [-0.4, -0.2) is 28.0 Å². The maximum absolute atomic E-state index is 11.8. The number of amides is 1. The van der Waals surface area contributed by atoms with Gasteiger partial charge in [0.1, 0.15) is 12.3 Å². The van der Waals surface area contributed by atoms with Gasteiger partial charge in [0.2, 0.25) is 5.91 Å². The lowest BCUT2D eigenvalue weighted by atomic mass is 10.3. The Kier molecular flexibility index (Phi) is 4.09. The van der Waals surface area contributed by atoms with E-state index in [4.69, 9.17) is 10.5 Å². The Morgan fingerprint density at radius 3 is 2.74 bits per heavy atom. The fourth-order valence-corrected chi connectivity index (χ4v) is 1.53. The number of nitrogens with two attached hydrogens (primary N) is 1. The third kappa shape index (κ3) is 3.52. The molecular formula is C12H15N5O2. The lowest BCUT2D eigenvalue weighted by molar-refractivity contribution is -0.116. The van der Waals surface area contributed by atoms with E-state index in [1.807, 2.05) is 0 Å². The fraction of sp³-hybridized carbons (Fsp3) is 0.250. The second-order valence-corrected chi connectivity index (χ2v) is 3.89. The molecule has 2 rings (SSSR count). The molecule has 1 aromatic heterocycles. The summed E-state index contributed by atoms with van der Waals surface area (Å²) in [6.07, 6.45) is 1.65. The summed E-state index contributed by atoms with van der Waals surface area (Å²) in [5, 5.41) is 10.4. The first-order chi connectivity index (χ1) is 9.21. The standard InChI is InChI=1S/C12H15N5O2/c1-19-11-4-2-9(3-5-11)14-12(18)8-17-7-10(6-13)15-16-17/h2-5,7H,6,8,13H2,1H3,(H,14,18). The van der Waals surface area contributed by atoms with Crippen LogP contribution in [0.15, 0.2) is 30.5 Å². The smallest absolute Gasteiger partial charge is 0.246 e. The quantitative estimate of drug-likeness (QED) is 0.811. The van der Waals surface area contributed by atoms with E-state index in [0.29, 0.717) is 17.9 Å². The van der Waals surface area contributed by atoms with Gasteiger partial charge in [-0.15, -0.1) is 5.10 Å². The van der Waals surface area contributed by atoms with Gasteiger partial charge >= 0.3 is 0 Å². The summed E-state index contributed by atoms with van der Waals surface area (Å²) in [6, 6.07) is 7.09. The predicted octanol–water partition coefficient (Wildman–Crippen LogP) is 0.384. The molecular weight excluding hydrogens is 246 g/mol. The van der Waals surface area contributed by atoms with Gasteiger partial charge in [0, 0.05) is 12.2 Å². The second-order valence-electron chi connectivity index (χ2n) is 3.89. The van der Waals surface area contributed by atoms with Crippen molar-refractivity contribution in [2.45, 2.75) is 13.1 Å². The minimum Gasteiger partial charge on any atom is -0.497 e. The number of rotatable bonds is 5. The zero-order valence-electron chi connectivity index (χ0n) is 10.5. The molecule has 1 heterocycles. The van der Waals surface area contributed by atoms with Crippen molar-refractivity contribution in [3.05, 3.63) is 36.2 Å². The summed E-state index contributed by atoms with van der Waals surface area (Å²) in [7, 11) is 1.59. The maximum atomic E-state index is 11.8. The molecule has 0 bridgehead atoms. The van der Waals surface area contributed by atoms with Crippen LogP contribution in [0.1, 0.15) is 5.69 Å². The van der Waals surface area contributed by atoms with Gasteiger partial charge in [0.05, 0.1) is 19.0 Å². The van der Waals surface area contributed by atoms with Gasteiger partial charge in [-0.2, -0.15) is 0 Å². The molecule has 0 spiro atoms. The van der Waals surface area contributed by atoms with Crippen molar-refractivity contribution in [3.63, 3.8) is 0 Å². The van der Waals surface area contributed by atoms with Crippen LogP contribution in [0.5, 0.6) is 5.75 Å². The number of carbonyl (C=O) groups excluding carboxylic acids is 1. The van der Waals surface area contributed by atoms with Gasteiger partial charge in [-0.05, 0) is 24.3 Å². The van der Waals surface area contributed by atoms with Crippen LogP contribution in [0.2, 0.25) is 0 Å². The van der Waals surface area contributed by atoms with Crippen LogP contribution >= 0.6 is 0 Å². The first kappa shape index (κ1) is 13.0. The molecule has 0 saturated heterocycles. The van der Waals surface area contributed by atoms with Crippen molar-refractivity contribution in [3.8, 4) is 5.75 Å². The normalized spacial score (nSPS) is 10.2. The second kappa shape index (κ2) is 5.96. The summed E-state index contributed by atoms with van der Waals surface area (Å²) >= 11 is 0. The molecule has 0 atom stereocenters. The first-order valence-corrected chi connectivity index (χ1v) is 5.74. The molecule has 0 aliphatic carbocycles. The highest BCUT2D eigenvalue weighted by atomic mass is 16.5. The number of aromatic nitrogens is 3. The summed E-state index contributed by atoms with van der Waals surface area (Å²) in [5.74, 6) is 0.556. The van der Waals surface area contributed by atoms with Crippen LogP contribution in [0.4, 0.5) is 5.69 Å². The van der Waals surface area contributed by atoms with Crippen LogP contribution in [0.25, 0.3) is 0 Å². The molecule has 19 heavy (non-hydrogen) atoms.